The maximum absolute atomic E-state index is 13.0. The summed E-state index contributed by atoms with van der Waals surface area (Å²) < 4.78 is 5.45. The number of carbonyl (C=O) groups is 2. The van der Waals surface area contributed by atoms with Crippen LogP contribution in [0.5, 0.6) is 0 Å². The van der Waals surface area contributed by atoms with Gasteiger partial charge in [-0.2, -0.15) is 4.98 Å². The van der Waals surface area contributed by atoms with Crippen LogP contribution in [0.2, 0.25) is 5.02 Å². The molecule has 34 heavy (non-hydrogen) atoms. The molecule has 2 aliphatic rings. The first-order valence-corrected chi connectivity index (χ1v) is 11.9. The highest BCUT2D eigenvalue weighted by Crippen LogP contribution is 2.26. The van der Waals surface area contributed by atoms with Gasteiger partial charge in [-0.3, -0.25) is 14.5 Å². The molecular formula is C25H26ClN5O3. The fourth-order valence-electron chi connectivity index (χ4n) is 4.59. The molecule has 2 amide bonds. The van der Waals surface area contributed by atoms with E-state index in [0.717, 1.165) is 43.6 Å². The third kappa shape index (κ3) is 5.13. The van der Waals surface area contributed by atoms with E-state index in [1.54, 1.807) is 17.0 Å². The molecule has 8 nitrogen and oxygen atoms in total. The first-order valence-electron chi connectivity index (χ1n) is 11.6. The molecule has 0 radical (unpaired) electrons. The van der Waals surface area contributed by atoms with Crippen molar-refractivity contribution in [2.45, 2.75) is 32.2 Å². The van der Waals surface area contributed by atoms with Gasteiger partial charge in [0.2, 0.25) is 23.5 Å². The second-order valence-corrected chi connectivity index (χ2v) is 9.22. The van der Waals surface area contributed by atoms with Gasteiger partial charge < -0.3 is 14.7 Å². The van der Waals surface area contributed by atoms with E-state index in [1.165, 1.54) is 0 Å². The zero-order chi connectivity index (χ0) is 23.5. The molecule has 176 valence electrons. The van der Waals surface area contributed by atoms with Crippen molar-refractivity contribution in [2.75, 3.05) is 29.9 Å². The zero-order valence-electron chi connectivity index (χ0n) is 18.7. The molecule has 0 spiro atoms. The highest BCUT2D eigenvalue weighted by atomic mass is 35.5. The summed E-state index contributed by atoms with van der Waals surface area (Å²) in [4.78, 5) is 33.5. The van der Waals surface area contributed by atoms with Gasteiger partial charge in [-0.05, 0) is 56.1 Å². The third-order valence-electron chi connectivity index (χ3n) is 6.28. The van der Waals surface area contributed by atoms with E-state index >= 15 is 0 Å². The molecule has 0 aliphatic carbocycles. The lowest BCUT2D eigenvalue weighted by atomic mass is 9.97. The van der Waals surface area contributed by atoms with E-state index in [4.69, 9.17) is 16.1 Å². The summed E-state index contributed by atoms with van der Waals surface area (Å²) in [6.07, 6.45) is 3.18. The summed E-state index contributed by atoms with van der Waals surface area (Å²) in [6, 6.07) is 14.8. The van der Waals surface area contributed by atoms with Crippen LogP contribution >= 0.6 is 11.6 Å². The van der Waals surface area contributed by atoms with Crippen LogP contribution in [0.3, 0.4) is 0 Å². The molecule has 9 heteroatoms. The maximum atomic E-state index is 13.0. The molecule has 1 unspecified atom stereocenters. The minimum Gasteiger partial charge on any atom is -0.338 e. The van der Waals surface area contributed by atoms with Crippen LogP contribution in [-0.2, 0) is 16.1 Å². The van der Waals surface area contributed by atoms with Crippen molar-refractivity contribution < 1.29 is 14.1 Å². The number of nitrogens with one attached hydrogen (secondary N) is 1. The first-order chi connectivity index (χ1) is 16.5. The van der Waals surface area contributed by atoms with Gasteiger partial charge in [0, 0.05) is 41.5 Å². The summed E-state index contributed by atoms with van der Waals surface area (Å²) >= 11 is 6.06. The second kappa shape index (κ2) is 9.95. The number of likely N-dealkylation sites (tertiary alicyclic amines) is 1. The Morgan fingerprint density at radius 2 is 2.03 bits per heavy atom. The Balaban J connectivity index is 1.19. The molecule has 1 N–H and O–H groups in total. The molecular weight excluding hydrogens is 454 g/mol. The maximum Gasteiger partial charge on any atom is 0.241 e. The highest BCUT2D eigenvalue weighted by Gasteiger charge is 2.27. The van der Waals surface area contributed by atoms with Crippen LogP contribution in [0, 0.1) is 5.92 Å². The molecule has 1 aromatic heterocycles. The van der Waals surface area contributed by atoms with Gasteiger partial charge in [0.05, 0.1) is 12.5 Å². The topological polar surface area (TPSA) is 91.6 Å². The van der Waals surface area contributed by atoms with Crippen molar-refractivity contribution in [1.29, 1.82) is 0 Å². The van der Waals surface area contributed by atoms with E-state index < -0.39 is 0 Å². The van der Waals surface area contributed by atoms with Crippen molar-refractivity contribution in [3.05, 3.63) is 59.4 Å². The van der Waals surface area contributed by atoms with Crippen LogP contribution in [0.25, 0.3) is 11.4 Å². The number of hydrogen-bond acceptors (Lipinski definition) is 6. The van der Waals surface area contributed by atoms with Crippen molar-refractivity contribution in [2.24, 2.45) is 5.92 Å². The molecule has 2 saturated heterocycles. The number of anilines is 2. The van der Waals surface area contributed by atoms with Gasteiger partial charge in [-0.25, -0.2) is 0 Å². The summed E-state index contributed by atoms with van der Waals surface area (Å²) in [7, 11) is 0. The normalized spacial score (nSPS) is 18.9. The second-order valence-electron chi connectivity index (χ2n) is 8.78. The number of carbonyl (C=O) groups excluding carboxylic acids is 2. The van der Waals surface area contributed by atoms with E-state index in [0.29, 0.717) is 41.9 Å². The molecule has 2 aliphatic heterocycles. The molecule has 2 fully saturated rings. The van der Waals surface area contributed by atoms with Gasteiger partial charge in [0.1, 0.15) is 0 Å². The number of nitrogens with zero attached hydrogens (tertiary/aromatic N) is 4. The number of benzene rings is 2. The van der Waals surface area contributed by atoms with Gasteiger partial charge in [0.25, 0.3) is 0 Å². The predicted octanol–water partition coefficient (Wildman–Crippen LogP) is 4.37. The first kappa shape index (κ1) is 22.6. The van der Waals surface area contributed by atoms with Crippen LogP contribution < -0.4 is 10.2 Å². The van der Waals surface area contributed by atoms with Crippen molar-refractivity contribution in [3.63, 3.8) is 0 Å². The number of aromatic nitrogens is 2. The van der Waals surface area contributed by atoms with E-state index in [2.05, 4.69) is 20.4 Å². The minimum atomic E-state index is -0.138. The average Bonchev–Trinajstić information content (AvgIpc) is 3.48. The van der Waals surface area contributed by atoms with E-state index in [9.17, 15) is 9.59 Å². The van der Waals surface area contributed by atoms with E-state index in [1.807, 2.05) is 36.4 Å². The molecule has 3 heterocycles. The molecule has 5 rings (SSSR count). The van der Waals surface area contributed by atoms with Crippen LogP contribution in [0.1, 0.15) is 31.6 Å². The summed E-state index contributed by atoms with van der Waals surface area (Å²) in [5.41, 5.74) is 2.34. The summed E-state index contributed by atoms with van der Waals surface area (Å²) in [5, 5.41) is 7.73. The molecule has 1 atom stereocenters. The molecule has 2 aromatic carbocycles. The Bertz CT molecular complexity index is 1200. The zero-order valence-corrected chi connectivity index (χ0v) is 19.5. The van der Waals surface area contributed by atoms with Gasteiger partial charge >= 0.3 is 0 Å². The monoisotopic (exact) mass is 479 g/mol. The Kier molecular flexibility index (Phi) is 6.60. The number of hydrogen-bond donors (Lipinski definition) is 1. The van der Waals surface area contributed by atoms with Gasteiger partial charge in [-0.1, -0.05) is 35.0 Å². The Morgan fingerprint density at radius 1 is 1.15 bits per heavy atom. The quantitative estimate of drug-likeness (QED) is 0.564. The number of piperidine rings is 1. The Morgan fingerprint density at radius 3 is 2.85 bits per heavy atom. The standard InChI is InChI=1S/C25H26ClN5O3/c26-19-7-1-5-17(13-19)24-28-22(34-29-24)16-30-11-3-6-18(15-30)25(33)27-20-8-2-9-21(14-20)31-12-4-10-23(31)32/h1-2,5,7-9,13-14,18H,3-4,6,10-12,15-16H2,(H,27,33). The summed E-state index contributed by atoms with van der Waals surface area (Å²) in [6.45, 7) is 2.70. The van der Waals surface area contributed by atoms with Crippen LogP contribution in [0.4, 0.5) is 11.4 Å². The fraction of sp³-hybridized carbons (Fsp3) is 0.360. The van der Waals surface area contributed by atoms with Crippen molar-refractivity contribution in [3.8, 4) is 11.4 Å². The number of rotatable bonds is 6. The lowest BCUT2D eigenvalue weighted by Gasteiger charge is -2.31. The SMILES string of the molecule is O=C(Nc1cccc(N2CCCC2=O)c1)C1CCCN(Cc2nc(-c3cccc(Cl)c3)no2)C1. The van der Waals surface area contributed by atoms with Crippen LogP contribution in [-0.4, -0.2) is 46.5 Å². The van der Waals surface area contributed by atoms with Gasteiger partial charge in [-0.15, -0.1) is 0 Å². The van der Waals surface area contributed by atoms with Gasteiger partial charge in [0.15, 0.2) is 0 Å². The van der Waals surface area contributed by atoms with E-state index in [-0.39, 0.29) is 17.7 Å². The molecule has 0 saturated carbocycles. The smallest absolute Gasteiger partial charge is 0.241 e. The predicted molar refractivity (Wildman–Crippen MR) is 129 cm³/mol. The lowest BCUT2D eigenvalue weighted by Crippen LogP contribution is -2.40. The fourth-order valence-corrected chi connectivity index (χ4v) is 4.78. The van der Waals surface area contributed by atoms with Crippen molar-refractivity contribution >= 4 is 34.8 Å². The summed E-state index contributed by atoms with van der Waals surface area (Å²) in [5.74, 6) is 0.992. The third-order valence-corrected chi connectivity index (χ3v) is 6.52. The molecule has 0 bridgehead atoms. The largest absolute Gasteiger partial charge is 0.338 e. The number of halogens is 1. The minimum absolute atomic E-state index is 0.0141. The Hall–Kier alpha value is -3.23. The van der Waals surface area contributed by atoms with Crippen LogP contribution in [0.15, 0.2) is 53.1 Å². The molecule has 3 aromatic rings. The highest BCUT2D eigenvalue weighted by molar-refractivity contribution is 6.30. The average molecular weight is 480 g/mol. The lowest BCUT2D eigenvalue weighted by molar-refractivity contribution is -0.121. The Labute approximate surface area is 202 Å². The number of amides is 2. The van der Waals surface area contributed by atoms with Crippen molar-refractivity contribution in [1.82, 2.24) is 15.0 Å².